The van der Waals surface area contributed by atoms with Gasteiger partial charge in [-0.15, -0.1) is 0 Å². The topological polar surface area (TPSA) is 311 Å². The Balaban J connectivity index is 0.000000121. The van der Waals surface area contributed by atoms with Gasteiger partial charge in [-0.05, 0) is 38.5 Å². The summed E-state index contributed by atoms with van der Waals surface area (Å²) in [5.74, 6) is 0.280. The molecule has 276 valence electrons. The van der Waals surface area contributed by atoms with E-state index in [1.807, 2.05) is 4.57 Å². The molecule has 6 aromatic rings. The van der Waals surface area contributed by atoms with E-state index in [1.54, 1.807) is 21.8 Å². The Labute approximate surface area is 293 Å². The molecule has 6 atom stereocenters. The van der Waals surface area contributed by atoms with Crippen LogP contribution in [-0.4, -0.2) is 117 Å². The van der Waals surface area contributed by atoms with Gasteiger partial charge >= 0.3 is 0 Å². The first-order valence-corrected chi connectivity index (χ1v) is 16.6. The molecule has 22 heteroatoms. The molecule has 52 heavy (non-hydrogen) atoms. The number of nitrogen functional groups attached to an aromatic ring is 2. The molecular weight excluding hydrogens is 684 g/mol. The van der Waals surface area contributed by atoms with Crippen molar-refractivity contribution in [2.75, 3.05) is 31.3 Å². The maximum absolute atomic E-state index is 11.6. The minimum atomic E-state index is -0.368. The first-order chi connectivity index (χ1) is 25.3. The van der Waals surface area contributed by atoms with Crippen LogP contribution in [0.3, 0.4) is 0 Å². The van der Waals surface area contributed by atoms with Crippen LogP contribution in [0.15, 0.2) is 36.4 Å². The van der Waals surface area contributed by atoms with Gasteiger partial charge in [-0.3, -0.25) is 23.5 Å². The lowest BCUT2D eigenvalue weighted by Crippen LogP contribution is -2.16. The Hall–Kier alpha value is -5.39. The van der Waals surface area contributed by atoms with Crippen LogP contribution in [0.2, 0.25) is 0 Å². The van der Waals surface area contributed by atoms with Gasteiger partial charge in [-0.1, -0.05) is 0 Å². The standard InChI is InChI=1S/C10H13N5O3.C10H13N5O2.C10H12N4O3/c11-10-13-8-7(9(17)14-10)12-4-15(8)6-2-1-5(3-16)18-6;11-9-8-10(13-4-12-9)15(5-14-8)7-2-1-6(3-16)17-7;15-3-6-1-2-7(17-6)14-5-13-8-9(14)11-4-12-10(8)16/h4-6,16H,1-3H2,(H3,11,13,14,17);4-7,16H,1-3H2,(H2,11,12,13);4-7,15H,1-3H2,(H,11,12,16)/t5-,6+;2*6-,7+/m000/s1. The van der Waals surface area contributed by atoms with Crippen molar-refractivity contribution in [3.8, 4) is 5.88 Å². The molecule has 0 aliphatic carbocycles. The van der Waals surface area contributed by atoms with Crippen LogP contribution in [0.1, 0.15) is 57.2 Å². The van der Waals surface area contributed by atoms with E-state index in [2.05, 4.69) is 44.9 Å². The number of nitrogens with zero attached hydrogens (tertiary/aromatic N) is 11. The summed E-state index contributed by atoms with van der Waals surface area (Å²) in [6.45, 7) is 0.0445. The summed E-state index contributed by atoms with van der Waals surface area (Å²) >= 11 is 0. The van der Waals surface area contributed by atoms with Crippen LogP contribution in [0.5, 0.6) is 5.88 Å². The van der Waals surface area contributed by atoms with Crippen LogP contribution in [0, 0.1) is 0 Å². The largest absolute Gasteiger partial charge is 0.492 e. The lowest BCUT2D eigenvalue weighted by atomic mass is 10.2. The smallest absolute Gasteiger partial charge is 0.280 e. The number of imidazole rings is 3. The van der Waals surface area contributed by atoms with Crippen molar-refractivity contribution in [1.29, 1.82) is 0 Å². The summed E-state index contributed by atoms with van der Waals surface area (Å²) in [5.41, 5.74) is 13.7. The highest BCUT2D eigenvalue weighted by molar-refractivity contribution is 5.81. The third kappa shape index (κ3) is 6.93. The number of rotatable bonds is 6. The Kier molecular flexibility index (Phi) is 10.2. The highest BCUT2D eigenvalue weighted by Crippen LogP contribution is 2.32. The first kappa shape index (κ1) is 35.0. The van der Waals surface area contributed by atoms with Gasteiger partial charge < -0.3 is 46.1 Å². The van der Waals surface area contributed by atoms with Crippen LogP contribution >= 0.6 is 0 Å². The fourth-order valence-corrected chi connectivity index (χ4v) is 6.36. The first-order valence-electron chi connectivity index (χ1n) is 16.6. The number of hydrogen-bond donors (Lipinski definition) is 7. The van der Waals surface area contributed by atoms with Gasteiger partial charge in [0.05, 0.1) is 57.1 Å². The predicted octanol–water partition coefficient (Wildman–Crippen LogP) is -0.348. The Morgan fingerprint density at radius 3 is 1.62 bits per heavy atom. The quantitative estimate of drug-likeness (QED) is 0.115. The van der Waals surface area contributed by atoms with Crippen LogP contribution < -0.4 is 17.0 Å². The Morgan fingerprint density at radius 1 is 0.635 bits per heavy atom. The molecule has 0 spiro atoms. The van der Waals surface area contributed by atoms with Gasteiger partial charge in [0.25, 0.3) is 5.56 Å². The summed E-state index contributed by atoms with van der Waals surface area (Å²) in [5, 5.41) is 36.6. The minimum absolute atomic E-state index is 0.0146. The van der Waals surface area contributed by atoms with Crippen molar-refractivity contribution in [2.45, 2.75) is 75.5 Å². The van der Waals surface area contributed by atoms with Gasteiger partial charge in [0.15, 0.2) is 33.8 Å². The van der Waals surface area contributed by atoms with E-state index >= 15 is 0 Å². The van der Waals surface area contributed by atoms with Crippen LogP contribution in [-0.2, 0) is 14.2 Å². The predicted molar refractivity (Wildman–Crippen MR) is 180 cm³/mol. The minimum Gasteiger partial charge on any atom is -0.492 e. The number of hydrogen-bond acceptors (Lipinski definition) is 18. The second kappa shape index (κ2) is 15.1. The van der Waals surface area contributed by atoms with E-state index in [1.165, 1.54) is 19.0 Å². The molecular formula is C30H38N14O8. The summed E-state index contributed by atoms with van der Waals surface area (Å²) in [7, 11) is 0. The van der Waals surface area contributed by atoms with Gasteiger partial charge in [0, 0.05) is 0 Å². The van der Waals surface area contributed by atoms with Gasteiger partial charge in [0.2, 0.25) is 11.8 Å². The van der Waals surface area contributed by atoms with E-state index in [9.17, 15) is 9.90 Å². The number of aromatic nitrogens is 12. The molecule has 0 radical (unpaired) electrons. The fourth-order valence-electron chi connectivity index (χ4n) is 6.36. The molecule has 0 saturated carbocycles. The summed E-state index contributed by atoms with van der Waals surface area (Å²) in [6.07, 6.45) is 11.2. The zero-order valence-corrected chi connectivity index (χ0v) is 27.7. The molecule has 3 saturated heterocycles. The van der Waals surface area contributed by atoms with E-state index in [-0.39, 0.29) is 79.7 Å². The maximum Gasteiger partial charge on any atom is 0.280 e. The molecule has 22 nitrogen and oxygen atoms in total. The number of nitrogens with two attached hydrogens (primary N) is 2. The average Bonchev–Trinajstić information content (AvgIpc) is 4.00. The number of fused-ring (bicyclic) bond motifs is 3. The molecule has 9 rings (SSSR count). The molecule has 9 heterocycles. The summed E-state index contributed by atoms with van der Waals surface area (Å²) in [6, 6.07) is 0. The third-order valence-electron chi connectivity index (χ3n) is 8.97. The normalized spacial score (nSPS) is 24.3. The van der Waals surface area contributed by atoms with Crippen LogP contribution in [0.25, 0.3) is 33.5 Å². The SMILES string of the molecule is Nc1nc2c(ncn2[C@H]2CC[C@@H](CO)O2)c(=O)[nH]1.Nc1ncnc2c1ncn2[C@H]1CC[C@@H](CO)O1.OC[C@@H]1CC[C@H](n2cnc3c(O)ncnc32)O1. The molecule has 6 aromatic heterocycles. The van der Waals surface area contributed by atoms with Gasteiger partial charge in [-0.2, -0.15) is 9.97 Å². The van der Waals surface area contributed by atoms with Gasteiger partial charge in [-0.25, -0.2) is 29.9 Å². The second-order valence-corrected chi connectivity index (χ2v) is 12.3. The zero-order valence-electron chi connectivity index (χ0n) is 27.7. The van der Waals surface area contributed by atoms with Crippen molar-refractivity contribution in [3.63, 3.8) is 0 Å². The lowest BCUT2D eigenvalue weighted by Gasteiger charge is -2.13. The van der Waals surface area contributed by atoms with Crippen molar-refractivity contribution in [1.82, 2.24) is 58.6 Å². The lowest BCUT2D eigenvalue weighted by molar-refractivity contribution is -0.0207. The molecule has 0 unspecified atom stereocenters. The van der Waals surface area contributed by atoms with E-state index in [4.69, 9.17) is 41.0 Å². The number of aromatic hydroxyl groups is 1. The molecule has 3 aliphatic heterocycles. The summed E-state index contributed by atoms with van der Waals surface area (Å²) < 4.78 is 22.2. The number of anilines is 2. The molecule has 9 N–H and O–H groups in total. The highest BCUT2D eigenvalue weighted by Gasteiger charge is 2.30. The molecule has 0 bridgehead atoms. The monoisotopic (exact) mass is 722 g/mol. The van der Waals surface area contributed by atoms with E-state index in [0.717, 1.165) is 38.5 Å². The number of H-pyrrole nitrogens is 1. The van der Waals surface area contributed by atoms with Crippen molar-refractivity contribution >= 4 is 45.3 Å². The number of aliphatic hydroxyl groups is 3. The highest BCUT2D eigenvalue weighted by atomic mass is 16.5. The Bertz CT molecular complexity index is 2110. The molecule has 3 aliphatic rings. The van der Waals surface area contributed by atoms with E-state index < -0.39 is 0 Å². The van der Waals surface area contributed by atoms with Crippen molar-refractivity contribution < 1.29 is 34.6 Å². The zero-order chi connectivity index (χ0) is 36.4. The molecule has 0 amide bonds. The van der Waals surface area contributed by atoms with Gasteiger partial charge in [0.1, 0.15) is 36.9 Å². The van der Waals surface area contributed by atoms with Crippen molar-refractivity contribution in [2.24, 2.45) is 0 Å². The number of aliphatic hydroxyl groups excluding tert-OH is 3. The molecule has 0 aromatic carbocycles. The summed E-state index contributed by atoms with van der Waals surface area (Å²) in [4.78, 5) is 46.1. The maximum atomic E-state index is 11.6. The molecule has 3 fully saturated rings. The number of aromatic amines is 1. The number of ether oxygens (including phenoxy) is 3. The number of nitrogens with one attached hydrogen (secondary N) is 1. The fraction of sp³-hybridized carbons (Fsp3) is 0.500. The second-order valence-electron chi connectivity index (χ2n) is 12.3. The van der Waals surface area contributed by atoms with Crippen LogP contribution in [0.4, 0.5) is 11.8 Å². The Morgan fingerprint density at radius 2 is 1.10 bits per heavy atom. The van der Waals surface area contributed by atoms with E-state index in [0.29, 0.717) is 33.8 Å². The van der Waals surface area contributed by atoms with Crippen molar-refractivity contribution in [3.05, 3.63) is 42.0 Å². The third-order valence-corrected chi connectivity index (χ3v) is 8.97. The average molecular weight is 723 g/mol.